The van der Waals surface area contributed by atoms with Gasteiger partial charge in [-0.2, -0.15) is 26.3 Å². The molecule has 3 aromatic rings. The second-order valence-corrected chi connectivity index (χ2v) is 14.8. The molecule has 2 atom stereocenters. The first-order chi connectivity index (χ1) is 24.6. The van der Waals surface area contributed by atoms with Crippen LogP contribution in [0.5, 0.6) is 0 Å². The molecular weight excluding hydrogens is 682 g/mol. The summed E-state index contributed by atoms with van der Waals surface area (Å²) in [6, 6.07) is 16.6. The van der Waals surface area contributed by atoms with Crippen molar-refractivity contribution in [3.8, 4) is 0 Å². The number of aryl methyl sites for hydroxylation is 2. The Balaban J connectivity index is 1.06. The number of amides is 2. The van der Waals surface area contributed by atoms with Gasteiger partial charge in [-0.1, -0.05) is 47.5 Å². The second kappa shape index (κ2) is 15.6. The van der Waals surface area contributed by atoms with Crippen molar-refractivity contribution in [3.63, 3.8) is 0 Å². The van der Waals surface area contributed by atoms with Crippen molar-refractivity contribution in [3.05, 3.63) is 106 Å². The van der Waals surface area contributed by atoms with Crippen molar-refractivity contribution < 1.29 is 35.9 Å². The van der Waals surface area contributed by atoms with Crippen molar-refractivity contribution in [1.29, 1.82) is 0 Å². The highest BCUT2D eigenvalue weighted by molar-refractivity contribution is 5.95. The second-order valence-electron chi connectivity index (χ2n) is 14.8. The maximum atomic E-state index is 13.8. The van der Waals surface area contributed by atoms with Gasteiger partial charge in [-0.25, -0.2) is 0 Å². The lowest BCUT2D eigenvalue weighted by atomic mass is 9.86. The van der Waals surface area contributed by atoms with Gasteiger partial charge in [0.25, 0.3) is 11.8 Å². The molecule has 2 unspecified atom stereocenters. The minimum atomic E-state index is -5.03. The third-order valence-electron chi connectivity index (χ3n) is 10.9. The molecule has 0 aliphatic carbocycles. The van der Waals surface area contributed by atoms with E-state index in [1.54, 1.807) is 0 Å². The van der Waals surface area contributed by atoms with E-state index in [4.69, 9.17) is 0 Å². The fourth-order valence-electron chi connectivity index (χ4n) is 8.28. The molecule has 3 saturated heterocycles. The molecule has 6 nitrogen and oxygen atoms in total. The summed E-state index contributed by atoms with van der Waals surface area (Å²) in [6.45, 7) is 10.1. The summed E-state index contributed by atoms with van der Waals surface area (Å²) in [7, 11) is 0. The van der Waals surface area contributed by atoms with Gasteiger partial charge in [0.15, 0.2) is 0 Å². The molecule has 0 radical (unpaired) electrons. The summed E-state index contributed by atoms with van der Waals surface area (Å²) in [5.41, 5.74) is 0.278. The predicted octanol–water partition coefficient (Wildman–Crippen LogP) is 7.73. The van der Waals surface area contributed by atoms with Crippen LogP contribution in [0.25, 0.3) is 0 Å². The van der Waals surface area contributed by atoms with Crippen molar-refractivity contribution in [2.24, 2.45) is 5.92 Å². The molecule has 0 spiro atoms. The first-order valence-electron chi connectivity index (χ1n) is 18.1. The number of alkyl halides is 6. The van der Waals surface area contributed by atoms with Gasteiger partial charge >= 0.3 is 12.4 Å². The summed E-state index contributed by atoms with van der Waals surface area (Å²) in [6.07, 6.45) is -6.55. The van der Waals surface area contributed by atoms with Gasteiger partial charge in [0.05, 0.1) is 11.1 Å². The van der Waals surface area contributed by atoms with Crippen LogP contribution in [0.1, 0.15) is 74.2 Å². The van der Waals surface area contributed by atoms with Crippen LogP contribution in [0, 0.1) is 19.8 Å². The fourth-order valence-corrected chi connectivity index (χ4v) is 8.28. The number of hydrogen-bond acceptors (Lipinski definition) is 4. The minimum absolute atomic E-state index is 0.0570. The van der Waals surface area contributed by atoms with Crippen LogP contribution >= 0.6 is 0 Å². The van der Waals surface area contributed by atoms with E-state index in [1.807, 2.05) is 61.2 Å². The number of likely N-dealkylation sites (tertiary alicyclic amines) is 2. The molecule has 0 aromatic heterocycles. The molecule has 3 aromatic carbocycles. The van der Waals surface area contributed by atoms with E-state index >= 15 is 0 Å². The maximum absolute atomic E-state index is 13.8. The number of hydrogen-bond donors (Lipinski definition) is 0. The van der Waals surface area contributed by atoms with Gasteiger partial charge in [0.2, 0.25) is 0 Å². The molecule has 3 fully saturated rings. The fraction of sp³-hybridized carbons (Fsp3) is 0.500. The van der Waals surface area contributed by atoms with E-state index in [2.05, 4.69) is 15.9 Å². The summed E-state index contributed by atoms with van der Waals surface area (Å²) in [5.74, 6) is -0.503. The standard InChI is InChI=1S/C40H46F6N4O2/c1-27-18-28(2)20-31(19-27)37(51)49-11-9-35(10-12-49)48-16-14-47(15-17-48)26-30-8-13-50(36(22-30)21-29-6-4-3-5-7-29)38(52)32-23-33(39(41,42)43)25-34(24-32)40(44,45)46/h3-7,18-20,23-25,30,35-36H,8-17,21-22,26H2,1-2H3. The number of benzene rings is 3. The van der Waals surface area contributed by atoms with Crippen molar-refractivity contribution in [2.75, 3.05) is 52.4 Å². The Labute approximate surface area is 301 Å². The number of halogens is 6. The molecule has 280 valence electrons. The average Bonchev–Trinajstić information content (AvgIpc) is 3.11. The SMILES string of the molecule is Cc1cc(C)cc(C(=O)N2CCC(N3CCN(CC4CCN(C(=O)c5cc(C(F)(F)F)cc(C(F)(F)F)c5)C(Cc5ccccc5)C4)CC3)CC2)c1. The Morgan fingerprint density at radius 2 is 1.25 bits per heavy atom. The number of piperidine rings is 2. The summed E-state index contributed by atoms with van der Waals surface area (Å²) >= 11 is 0. The lowest BCUT2D eigenvalue weighted by molar-refractivity contribution is -0.143. The van der Waals surface area contributed by atoms with Crippen molar-refractivity contribution in [2.45, 2.75) is 70.4 Å². The zero-order chi connectivity index (χ0) is 37.2. The molecule has 52 heavy (non-hydrogen) atoms. The maximum Gasteiger partial charge on any atom is 0.416 e. The minimum Gasteiger partial charge on any atom is -0.339 e. The number of nitrogens with zero attached hydrogens (tertiary/aromatic N) is 4. The van der Waals surface area contributed by atoms with E-state index in [-0.39, 0.29) is 30.5 Å². The van der Waals surface area contributed by atoms with E-state index in [0.717, 1.165) is 80.9 Å². The highest BCUT2D eigenvalue weighted by atomic mass is 19.4. The van der Waals surface area contributed by atoms with Gasteiger partial charge in [0, 0.05) is 75.6 Å². The van der Waals surface area contributed by atoms with Crippen molar-refractivity contribution >= 4 is 11.8 Å². The van der Waals surface area contributed by atoms with E-state index in [0.29, 0.717) is 37.4 Å². The van der Waals surface area contributed by atoms with Gasteiger partial charge in [-0.05, 0) is 87.8 Å². The van der Waals surface area contributed by atoms with Gasteiger partial charge in [-0.3, -0.25) is 14.5 Å². The van der Waals surface area contributed by atoms with E-state index < -0.39 is 35.0 Å². The first-order valence-corrected chi connectivity index (χ1v) is 18.1. The topological polar surface area (TPSA) is 47.1 Å². The number of rotatable bonds is 7. The van der Waals surface area contributed by atoms with Gasteiger partial charge in [-0.15, -0.1) is 0 Å². The average molecular weight is 729 g/mol. The Morgan fingerprint density at radius 1 is 0.673 bits per heavy atom. The molecule has 6 rings (SSSR count). The molecular formula is C40H46F6N4O2. The highest BCUT2D eigenvalue weighted by Gasteiger charge is 2.40. The van der Waals surface area contributed by atoms with Crippen LogP contribution in [-0.4, -0.2) is 95.9 Å². The zero-order valence-corrected chi connectivity index (χ0v) is 29.6. The van der Waals surface area contributed by atoms with E-state index in [1.165, 1.54) is 4.90 Å². The third kappa shape index (κ3) is 9.17. The molecule has 3 aliphatic rings. The Hall–Kier alpha value is -3.90. The summed E-state index contributed by atoms with van der Waals surface area (Å²) < 4.78 is 81.7. The Kier molecular flexibility index (Phi) is 11.4. The molecule has 12 heteroatoms. The van der Waals surface area contributed by atoms with Crippen LogP contribution < -0.4 is 0 Å². The van der Waals surface area contributed by atoms with E-state index in [9.17, 15) is 35.9 Å². The van der Waals surface area contributed by atoms with Crippen LogP contribution in [0.15, 0.2) is 66.7 Å². The van der Waals surface area contributed by atoms with Crippen LogP contribution in [0.3, 0.4) is 0 Å². The Morgan fingerprint density at radius 3 is 1.83 bits per heavy atom. The van der Waals surface area contributed by atoms with Crippen LogP contribution in [0.4, 0.5) is 26.3 Å². The summed E-state index contributed by atoms with van der Waals surface area (Å²) in [5, 5.41) is 0. The molecule has 0 N–H and O–H groups in total. The molecule has 0 bridgehead atoms. The van der Waals surface area contributed by atoms with Crippen molar-refractivity contribution in [1.82, 2.24) is 19.6 Å². The normalized spacial score (nSPS) is 21.4. The lowest BCUT2D eigenvalue weighted by Crippen LogP contribution is -2.55. The lowest BCUT2D eigenvalue weighted by Gasteiger charge is -2.45. The van der Waals surface area contributed by atoms with Gasteiger partial charge < -0.3 is 14.7 Å². The number of carbonyl (C=O) groups excluding carboxylic acids is 2. The first kappa shape index (κ1) is 37.8. The molecule has 0 saturated carbocycles. The van der Waals surface area contributed by atoms with Crippen LogP contribution in [-0.2, 0) is 18.8 Å². The van der Waals surface area contributed by atoms with Crippen LogP contribution in [0.2, 0.25) is 0 Å². The zero-order valence-electron chi connectivity index (χ0n) is 29.6. The highest BCUT2D eigenvalue weighted by Crippen LogP contribution is 2.37. The molecule has 2 amide bonds. The largest absolute Gasteiger partial charge is 0.416 e. The molecule has 3 heterocycles. The monoisotopic (exact) mass is 728 g/mol. The number of piperazine rings is 1. The number of carbonyl (C=O) groups is 2. The van der Waals surface area contributed by atoms with Gasteiger partial charge in [0.1, 0.15) is 0 Å². The quantitative estimate of drug-likeness (QED) is 0.234. The smallest absolute Gasteiger partial charge is 0.339 e. The third-order valence-corrected chi connectivity index (χ3v) is 10.9. The summed E-state index contributed by atoms with van der Waals surface area (Å²) in [4.78, 5) is 35.3. The Bertz CT molecular complexity index is 1660. The molecule has 3 aliphatic heterocycles. The predicted molar refractivity (Wildman–Crippen MR) is 187 cm³/mol.